The highest BCUT2D eigenvalue weighted by molar-refractivity contribution is 6.06. The molecule has 0 aliphatic carbocycles. The van der Waals surface area contributed by atoms with Gasteiger partial charge in [0.15, 0.2) is 17.5 Å². The van der Waals surface area contributed by atoms with Crippen LogP contribution in [0.2, 0.25) is 0 Å². The third-order valence-electron chi connectivity index (χ3n) is 8.92. The minimum Gasteiger partial charge on any atom is -0.437 e. The van der Waals surface area contributed by atoms with Crippen LogP contribution < -0.4 is 0 Å². The van der Waals surface area contributed by atoms with Gasteiger partial charge in [0.25, 0.3) is 0 Å². The van der Waals surface area contributed by atoms with Gasteiger partial charge in [-0.25, -0.2) is 24.3 Å². The average Bonchev–Trinajstić information content (AvgIpc) is 3.83. The quantitative estimate of drug-likeness (QED) is 0.161. The lowest BCUT2D eigenvalue weighted by Crippen LogP contribution is -2.02. The fourth-order valence-electron chi connectivity index (χ4n) is 6.50. The number of para-hydroxylation sites is 2. The molecule has 0 unspecified atom stereocenters. The van der Waals surface area contributed by atoms with Gasteiger partial charge in [-0.1, -0.05) is 122 Å². The first kappa shape index (κ1) is 29.3. The number of hydrogen-bond donors (Lipinski definition) is 0. The maximum atomic E-state index is 6.46. The number of hydrogen-bond acceptors (Lipinski definition) is 5. The smallest absolute Gasteiger partial charge is 0.232 e. The van der Waals surface area contributed by atoms with Crippen molar-refractivity contribution in [1.82, 2.24) is 28.9 Å². The van der Waals surface area contributed by atoms with Gasteiger partial charge in [0.1, 0.15) is 11.1 Å². The summed E-state index contributed by atoms with van der Waals surface area (Å²) in [5, 5.41) is 1.05. The van der Waals surface area contributed by atoms with Gasteiger partial charge in [0.2, 0.25) is 11.5 Å². The molecule has 0 fully saturated rings. The molecule has 0 atom stereocenters. The zero-order valence-electron chi connectivity index (χ0n) is 27.2. The Morgan fingerprint density at radius 1 is 0.680 bits per heavy atom. The molecule has 4 heterocycles. The zero-order valence-corrected chi connectivity index (χ0v) is 27.2. The molecule has 0 aliphatic rings. The van der Waals surface area contributed by atoms with Crippen molar-refractivity contribution in [1.29, 1.82) is 0 Å². The summed E-state index contributed by atoms with van der Waals surface area (Å²) in [7, 11) is 0. The second kappa shape index (κ2) is 12.0. The van der Waals surface area contributed by atoms with Crippen LogP contribution in [-0.4, -0.2) is 28.9 Å². The van der Waals surface area contributed by atoms with Crippen LogP contribution in [0.1, 0.15) is 12.7 Å². The lowest BCUT2D eigenvalue weighted by atomic mass is 10.0. The molecule has 0 aliphatic heterocycles. The van der Waals surface area contributed by atoms with Gasteiger partial charge in [-0.15, -0.1) is 0 Å². The number of furan rings is 1. The molecule has 9 aromatic rings. The fourth-order valence-corrected chi connectivity index (χ4v) is 6.50. The Hall–Kier alpha value is -6.86. The largest absolute Gasteiger partial charge is 0.437 e. The Kier molecular flexibility index (Phi) is 7.02. The van der Waals surface area contributed by atoms with E-state index in [2.05, 4.69) is 76.2 Å². The number of imidazole rings is 2. The molecular weight excluding hydrogens is 617 g/mol. The van der Waals surface area contributed by atoms with Gasteiger partial charge in [0.05, 0.1) is 11.0 Å². The van der Waals surface area contributed by atoms with Crippen molar-refractivity contribution in [2.24, 2.45) is 0 Å². The molecule has 0 bridgehead atoms. The van der Waals surface area contributed by atoms with Crippen LogP contribution >= 0.6 is 0 Å². The highest BCUT2D eigenvalue weighted by Gasteiger charge is 2.23. The molecule has 0 radical (unpaired) electrons. The maximum absolute atomic E-state index is 6.46. The molecule has 9 rings (SSSR count). The van der Waals surface area contributed by atoms with Crippen LogP contribution in [0.4, 0.5) is 0 Å². The van der Waals surface area contributed by atoms with Crippen molar-refractivity contribution in [3.05, 3.63) is 164 Å². The van der Waals surface area contributed by atoms with E-state index in [0.29, 0.717) is 17.5 Å². The van der Waals surface area contributed by atoms with E-state index in [1.165, 1.54) is 0 Å². The maximum Gasteiger partial charge on any atom is 0.232 e. The van der Waals surface area contributed by atoms with Gasteiger partial charge in [-0.05, 0) is 54.4 Å². The van der Waals surface area contributed by atoms with E-state index in [0.717, 1.165) is 72.5 Å². The Morgan fingerprint density at radius 2 is 1.34 bits per heavy atom. The van der Waals surface area contributed by atoms with Crippen LogP contribution in [-0.2, 0) is 0 Å². The lowest BCUT2D eigenvalue weighted by Gasteiger charge is -2.09. The highest BCUT2D eigenvalue weighted by atomic mass is 16.3. The van der Waals surface area contributed by atoms with Crippen LogP contribution in [0.3, 0.4) is 0 Å². The Labute approximate surface area is 287 Å². The Balaban J connectivity index is 1.14. The predicted octanol–water partition coefficient (Wildman–Crippen LogP) is 10.5. The van der Waals surface area contributed by atoms with Crippen molar-refractivity contribution in [2.75, 3.05) is 0 Å². The number of fused-ring (bicyclic) bond motifs is 7. The first-order valence-corrected chi connectivity index (χ1v) is 16.5. The third kappa shape index (κ3) is 4.83. The van der Waals surface area contributed by atoms with Crippen molar-refractivity contribution >= 4 is 44.6 Å². The Bertz CT molecular complexity index is 2770. The van der Waals surface area contributed by atoms with Crippen LogP contribution in [0.25, 0.3) is 84.2 Å². The van der Waals surface area contributed by atoms with Gasteiger partial charge >= 0.3 is 0 Å². The van der Waals surface area contributed by atoms with Gasteiger partial charge in [-0.3, -0.25) is 4.57 Å². The predicted molar refractivity (Wildman–Crippen MR) is 202 cm³/mol. The van der Waals surface area contributed by atoms with E-state index in [9.17, 15) is 0 Å². The van der Waals surface area contributed by atoms with Crippen molar-refractivity contribution in [3.8, 4) is 39.6 Å². The first-order chi connectivity index (χ1) is 24.7. The summed E-state index contributed by atoms with van der Waals surface area (Å²) in [6.07, 6.45) is 7.65. The molecular formula is C43H30N6O. The molecule has 0 spiro atoms. The second-order valence-corrected chi connectivity index (χ2v) is 12.0. The van der Waals surface area contributed by atoms with Gasteiger partial charge in [-0.2, -0.15) is 0 Å². The molecule has 7 heteroatoms. The van der Waals surface area contributed by atoms with E-state index in [1.807, 2.05) is 91.9 Å². The van der Waals surface area contributed by atoms with Crippen molar-refractivity contribution in [2.45, 2.75) is 6.92 Å². The highest BCUT2D eigenvalue weighted by Crippen LogP contribution is 2.37. The van der Waals surface area contributed by atoms with Crippen molar-refractivity contribution < 1.29 is 4.42 Å². The second-order valence-electron chi connectivity index (χ2n) is 12.0. The van der Waals surface area contributed by atoms with Crippen LogP contribution in [0.15, 0.2) is 163 Å². The summed E-state index contributed by atoms with van der Waals surface area (Å²) >= 11 is 0. The number of nitrogens with zero attached hydrogens (tertiary/aromatic N) is 6. The summed E-state index contributed by atoms with van der Waals surface area (Å²) in [6, 6.07) is 43.1. The molecule has 5 aromatic carbocycles. The summed E-state index contributed by atoms with van der Waals surface area (Å²) in [5.41, 5.74) is 10.3. The number of benzene rings is 5. The van der Waals surface area contributed by atoms with Gasteiger partial charge in [0, 0.05) is 27.8 Å². The summed E-state index contributed by atoms with van der Waals surface area (Å²) in [5.74, 6) is 2.58. The molecule has 50 heavy (non-hydrogen) atoms. The number of allylic oxidation sites excluding steroid dienone is 5. The summed E-state index contributed by atoms with van der Waals surface area (Å²) in [4.78, 5) is 19.7. The lowest BCUT2D eigenvalue weighted by molar-refractivity contribution is 0.651. The van der Waals surface area contributed by atoms with E-state index in [1.54, 1.807) is 6.08 Å². The van der Waals surface area contributed by atoms with E-state index in [-0.39, 0.29) is 0 Å². The third-order valence-corrected chi connectivity index (χ3v) is 8.92. The molecule has 0 saturated carbocycles. The molecule has 0 N–H and O–H groups in total. The Morgan fingerprint density at radius 3 is 2.08 bits per heavy atom. The number of rotatable bonds is 7. The van der Waals surface area contributed by atoms with Crippen LogP contribution in [0, 0.1) is 0 Å². The van der Waals surface area contributed by atoms with E-state index >= 15 is 0 Å². The molecule has 0 amide bonds. The summed E-state index contributed by atoms with van der Waals surface area (Å²) < 4.78 is 10.8. The minimum atomic E-state index is 0.571. The topological polar surface area (TPSA) is 74.0 Å². The normalized spacial score (nSPS) is 12.2. The van der Waals surface area contributed by atoms with E-state index in [4.69, 9.17) is 24.4 Å². The van der Waals surface area contributed by atoms with Crippen molar-refractivity contribution in [3.63, 3.8) is 0 Å². The monoisotopic (exact) mass is 646 g/mol. The summed E-state index contributed by atoms with van der Waals surface area (Å²) in [6.45, 7) is 5.97. The first-order valence-electron chi connectivity index (χ1n) is 16.5. The molecule has 0 saturated heterocycles. The standard InChI is InChI=1S/C43H30N6O/c1-3-5-14-28(4-2)39-45-40(30-15-8-6-9-16-30)47-41(46-39)31-23-21-29(22-24-31)32-25-26-36-35(27-32)44-43-48(33-17-10-7-11-18-33)38-34-19-12-13-20-37(34)50-42(38)49(36)43/h3-27H,2H2,1H3/b5-3-,28-14+. The molecule has 7 nitrogen and oxygen atoms in total. The SMILES string of the molecule is C=C/C(=C\C=C/C)c1nc(-c2ccccc2)nc(-c2ccc(-c3ccc4c(c3)nc3n(-c5ccccc5)c5c6ccccc6oc5n43)cc2)n1. The van der Waals surface area contributed by atoms with Gasteiger partial charge < -0.3 is 4.42 Å². The molecule has 4 aromatic heterocycles. The van der Waals surface area contributed by atoms with Crippen LogP contribution in [0.5, 0.6) is 0 Å². The number of aromatic nitrogens is 6. The van der Waals surface area contributed by atoms with E-state index < -0.39 is 0 Å². The zero-order chi connectivity index (χ0) is 33.6. The molecule has 238 valence electrons. The average molecular weight is 647 g/mol. The minimum absolute atomic E-state index is 0.571. The fraction of sp³-hybridized carbons (Fsp3) is 0.0233.